The second-order valence-corrected chi connectivity index (χ2v) is 5.70. The fourth-order valence-corrected chi connectivity index (χ4v) is 2.69. The van der Waals surface area contributed by atoms with Crippen LogP contribution in [-0.2, 0) is 17.6 Å². The van der Waals surface area contributed by atoms with Gasteiger partial charge in [-0.25, -0.2) is 0 Å². The lowest BCUT2D eigenvalue weighted by Gasteiger charge is -2.06. The van der Waals surface area contributed by atoms with Crippen LogP contribution in [0.1, 0.15) is 11.1 Å². The summed E-state index contributed by atoms with van der Waals surface area (Å²) in [5.74, 6) is -0.206. The van der Waals surface area contributed by atoms with Crippen LogP contribution in [0.25, 0.3) is 10.9 Å². The standard InChI is InChI=1S/C18H17N3O4/c22-8-7-12-1-3-14(4-2-12)20-18(23)9-13-11-19-17-6-5-15(21(24)25)10-16(13)17/h1-6,10-11,19,22H,7-9H2,(H,20,23). The van der Waals surface area contributed by atoms with Crippen LogP contribution in [-0.4, -0.2) is 27.5 Å². The molecule has 1 aromatic heterocycles. The lowest BCUT2D eigenvalue weighted by Crippen LogP contribution is -2.14. The van der Waals surface area contributed by atoms with Crippen molar-refractivity contribution in [2.24, 2.45) is 0 Å². The molecule has 0 bridgehead atoms. The van der Waals surface area contributed by atoms with Crippen molar-refractivity contribution < 1.29 is 14.8 Å². The first kappa shape index (κ1) is 16.7. The molecule has 0 aliphatic rings. The van der Waals surface area contributed by atoms with Crippen LogP contribution >= 0.6 is 0 Å². The van der Waals surface area contributed by atoms with Crippen molar-refractivity contribution in [1.29, 1.82) is 0 Å². The smallest absolute Gasteiger partial charge is 0.270 e. The summed E-state index contributed by atoms with van der Waals surface area (Å²) in [4.78, 5) is 25.7. The summed E-state index contributed by atoms with van der Waals surface area (Å²) < 4.78 is 0. The van der Waals surface area contributed by atoms with Gasteiger partial charge in [0.15, 0.2) is 0 Å². The van der Waals surface area contributed by atoms with Gasteiger partial charge in [-0.05, 0) is 35.7 Å². The van der Waals surface area contributed by atoms with Gasteiger partial charge >= 0.3 is 0 Å². The molecule has 0 radical (unpaired) electrons. The van der Waals surface area contributed by atoms with Gasteiger partial charge in [0, 0.05) is 41.5 Å². The number of aliphatic hydroxyl groups is 1. The molecule has 25 heavy (non-hydrogen) atoms. The maximum absolute atomic E-state index is 12.3. The molecule has 1 heterocycles. The number of hydrogen-bond donors (Lipinski definition) is 3. The molecule has 0 unspecified atom stereocenters. The topological polar surface area (TPSA) is 108 Å². The molecule has 3 N–H and O–H groups in total. The Morgan fingerprint density at radius 2 is 1.96 bits per heavy atom. The van der Waals surface area contributed by atoms with E-state index in [9.17, 15) is 14.9 Å². The molecular weight excluding hydrogens is 322 g/mol. The lowest BCUT2D eigenvalue weighted by molar-refractivity contribution is -0.384. The second kappa shape index (κ2) is 7.14. The molecule has 1 amide bonds. The normalized spacial score (nSPS) is 10.8. The van der Waals surface area contributed by atoms with Crippen LogP contribution in [0.4, 0.5) is 11.4 Å². The summed E-state index contributed by atoms with van der Waals surface area (Å²) in [7, 11) is 0. The van der Waals surface area contributed by atoms with E-state index in [2.05, 4.69) is 10.3 Å². The van der Waals surface area contributed by atoms with E-state index in [1.807, 2.05) is 12.1 Å². The first-order chi connectivity index (χ1) is 12.1. The van der Waals surface area contributed by atoms with Gasteiger partial charge in [0.25, 0.3) is 5.69 Å². The number of aromatic amines is 1. The van der Waals surface area contributed by atoms with Crippen LogP contribution in [0, 0.1) is 10.1 Å². The van der Waals surface area contributed by atoms with Gasteiger partial charge in [-0.3, -0.25) is 14.9 Å². The largest absolute Gasteiger partial charge is 0.396 e. The van der Waals surface area contributed by atoms with Crippen LogP contribution in [0.3, 0.4) is 0 Å². The SMILES string of the molecule is O=C(Cc1c[nH]c2ccc([N+](=O)[O-])cc12)Nc1ccc(CCO)cc1. The van der Waals surface area contributed by atoms with Gasteiger partial charge in [-0.2, -0.15) is 0 Å². The number of aliphatic hydroxyl groups excluding tert-OH is 1. The highest BCUT2D eigenvalue weighted by Crippen LogP contribution is 2.24. The van der Waals surface area contributed by atoms with Gasteiger partial charge in [0.1, 0.15) is 0 Å². The van der Waals surface area contributed by atoms with Crippen LogP contribution in [0.15, 0.2) is 48.7 Å². The van der Waals surface area contributed by atoms with E-state index in [1.54, 1.807) is 24.4 Å². The Labute approximate surface area is 143 Å². The Balaban J connectivity index is 1.73. The number of carbonyl (C=O) groups excluding carboxylic acids is 1. The van der Waals surface area contributed by atoms with E-state index in [1.165, 1.54) is 12.1 Å². The molecule has 7 heteroatoms. The minimum Gasteiger partial charge on any atom is -0.396 e. The van der Waals surface area contributed by atoms with Crippen molar-refractivity contribution in [1.82, 2.24) is 4.98 Å². The number of nitrogens with one attached hydrogen (secondary N) is 2. The van der Waals surface area contributed by atoms with Crippen molar-refractivity contribution in [3.8, 4) is 0 Å². The average Bonchev–Trinajstić information content (AvgIpc) is 2.99. The fraction of sp³-hybridized carbons (Fsp3) is 0.167. The van der Waals surface area contributed by atoms with E-state index in [-0.39, 0.29) is 24.6 Å². The summed E-state index contributed by atoms with van der Waals surface area (Å²) in [5.41, 5.74) is 3.10. The van der Waals surface area contributed by atoms with Gasteiger partial charge in [-0.15, -0.1) is 0 Å². The molecule has 0 aliphatic heterocycles. The number of carbonyl (C=O) groups is 1. The van der Waals surface area contributed by atoms with E-state index >= 15 is 0 Å². The molecule has 3 rings (SSSR count). The van der Waals surface area contributed by atoms with Crippen LogP contribution < -0.4 is 5.32 Å². The molecule has 0 fully saturated rings. The molecule has 0 saturated carbocycles. The third-order valence-corrected chi connectivity index (χ3v) is 3.95. The summed E-state index contributed by atoms with van der Waals surface area (Å²) >= 11 is 0. The molecule has 128 valence electrons. The Bertz CT molecular complexity index is 916. The number of nitro benzene ring substituents is 1. The monoisotopic (exact) mass is 339 g/mol. The number of nitro groups is 1. The average molecular weight is 339 g/mol. The summed E-state index contributed by atoms with van der Waals surface area (Å²) in [6, 6.07) is 11.8. The summed E-state index contributed by atoms with van der Waals surface area (Å²) in [6.07, 6.45) is 2.38. The number of nitrogens with zero attached hydrogens (tertiary/aromatic N) is 1. The minimum atomic E-state index is -0.454. The number of anilines is 1. The molecule has 0 saturated heterocycles. The maximum atomic E-state index is 12.3. The van der Waals surface area contributed by atoms with Gasteiger partial charge in [0.05, 0.1) is 11.3 Å². The molecule has 0 atom stereocenters. The minimum absolute atomic E-state index is 0.00627. The predicted molar refractivity (Wildman–Crippen MR) is 94.5 cm³/mol. The third kappa shape index (κ3) is 3.84. The number of amides is 1. The number of aromatic nitrogens is 1. The molecule has 3 aromatic rings. The Hall–Kier alpha value is -3.19. The number of rotatable bonds is 6. The number of benzene rings is 2. The van der Waals surface area contributed by atoms with Crippen molar-refractivity contribution in [3.63, 3.8) is 0 Å². The highest BCUT2D eigenvalue weighted by atomic mass is 16.6. The maximum Gasteiger partial charge on any atom is 0.270 e. The van der Waals surface area contributed by atoms with E-state index < -0.39 is 4.92 Å². The summed E-state index contributed by atoms with van der Waals surface area (Å²) in [6.45, 7) is 0.0818. The highest BCUT2D eigenvalue weighted by molar-refractivity contribution is 5.96. The Morgan fingerprint density at radius 3 is 2.64 bits per heavy atom. The van der Waals surface area contributed by atoms with Crippen LogP contribution in [0.2, 0.25) is 0 Å². The van der Waals surface area contributed by atoms with Crippen LogP contribution in [0.5, 0.6) is 0 Å². The fourth-order valence-electron chi connectivity index (χ4n) is 2.69. The van der Waals surface area contributed by atoms with E-state index in [0.717, 1.165) is 11.1 Å². The first-order valence-corrected chi connectivity index (χ1v) is 7.81. The molecular formula is C18H17N3O4. The number of fused-ring (bicyclic) bond motifs is 1. The van der Waals surface area contributed by atoms with E-state index in [4.69, 9.17) is 5.11 Å². The quantitative estimate of drug-likeness (QED) is 0.474. The van der Waals surface area contributed by atoms with Gasteiger partial charge in [-0.1, -0.05) is 12.1 Å². The number of hydrogen-bond acceptors (Lipinski definition) is 4. The zero-order chi connectivity index (χ0) is 17.8. The van der Waals surface area contributed by atoms with E-state index in [0.29, 0.717) is 23.1 Å². The predicted octanol–water partition coefficient (Wildman–Crippen LogP) is 2.79. The summed E-state index contributed by atoms with van der Waals surface area (Å²) in [5, 5.41) is 23.3. The molecule has 0 aliphatic carbocycles. The van der Waals surface area contributed by atoms with Crippen molar-refractivity contribution in [2.75, 3.05) is 11.9 Å². The van der Waals surface area contributed by atoms with Gasteiger partial charge in [0.2, 0.25) is 5.91 Å². The third-order valence-electron chi connectivity index (χ3n) is 3.95. The molecule has 0 spiro atoms. The van der Waals surface area contributed by atoms with Crippen molar-refractivity contribution in [3.05, 3.63) is 69.9 Å². The zero-order valence-electron chi connectivity index (χ0n) is 13.4. The molecule has 7 nitrogen and oxygen atoms in total. The lowest BCUT2D eigenvalue weighted by atomic mass is 10.1. The zero-order valence-corrected chi connectivity index (χ0v) is 13.4. The first-order valence-electron chi connectivity index (χ1n) is 7.81. The Morgan fingerprint density at radius 1 is 1.20 bits per heavy atom. The highest BCUT2D eigenvalue weighted by Gasteiger charge is 2.13. The Kier molecular flexibility index (Phi) is 4.76. The van der Waals surface area contributed by atoms with Crippen molar-refractivity contribution >= 4 is 28.2 Å². The van der Waals surface area contributed by atoms with Gasteiger partial charge < -0.3 is 15.4 Å². The second-order valence-electron chi connectivity index (χ2n) is 5.70. The van der Waals surface area contributed by atoms with Crippen molar-refractivity contribution in [2.45, 2.75) is 12.8 Å². The number of H-pyrrole nitrogens is 1. The molecule has 2 aromatic carbocycles. The number of non-ortho nitro benzene ring substituents is 1.